The van der Waals surface area contributed by atoms with Gasteiger partial charge >= 0.3 is 0 Å². The van der Waals surface area contributed by atoms with Crippen LogP contribution in [0.5, 0.6) is 0 Å². The monoisotopic (exact) mass is 360 g/mol. The second-order valence-corrected chi connectivity index (χ2v) is 5.87. The number of aromatic nitrogens is 2. The molecule has 0 bridgehead atoms. The third kappa shape index (κ3) is 6.39. The Balaban J connectivity index is 0.00000288. The van der Waals surface area contributed by atoms with Crippen molar-refractivity contribution in [3.8, 4) is 0 Å². The lowest BCUT2D eigenvalue weighted by atomic mass is 10.1. The summed E-state index contributed by atoms with van der Waals surface area (Å²) in [6.45, 7) is 4.42. The van der Waals surface area contributed by atoms with Crippen LogP contribution in [0.4, 0.5) is 0 Å². The first kappa shape index (κ1) is 20.9. The molecule has 1 aromatic heterocycles. The molecule has 1 atom stereocenters. The number of carbonyl (C=O) groups excluding carboxylic acids is 1. The van der Waals surface area contributed by atoms with Crippen molar-refractivity contribution in [1.82, 2.24) is 20.0 Å². The topological polar surface area (TPSA) is 68.6 Å². The SMILES string of the molecule is COCCCOCCN(C)C(=O)c1ccn(C2CCCNC2)n1.Cl. The lowest BCUT2D eigenvalue weighted by Crippen LogP contribution is -2.33. The van der Waals surface area contributed by atoms with Crippen LogP contribution in [0, 0.1) is 0 Å². The molecule has 0 spiro atoms. The van der Waals surface area contributed by atoms with Crippen LogP contribution in [0.3, 0.4) is 0 Å². The summed E-state index contributed by atoms with van der Waals surface area (Å²) in [7, 11) is 3.46. The molecule has 1 aliphatic heterocycles. The molecular formula is C16H29ClN4O3. The van der Waals surface area contributed by atoms with Gasteiger partial charge in [-0.3, -0.25) is 9.48 Å². The molecule has 2 rings (SSSR count). The quantitative estimate of drug-likeness (QED) is 0.673. The summed E-state index contributed by atoms with van der Waals surface area (Å²) in [5, 5.41) is 7.81. The van der Waals surface area contributed by atoms with Crippen molar-refractivity contribution < 1.29 is 14.3 Å². The third-order valence-corrected chi connectivity index (χ3v) is 4.03. The van der Waals surface area contributed by atoms with E-state index in [1.165, 1.54) is 0 Å². The average molecular weight is 361 g/mol. The van der Waals surface area contributed by atoms with E-state index >= 15 is 0 Å². The molecule has 1 saturated heterocycles. The molecule has 1 fully saturated rings. The van der Waals surface area contributed by atoms with Gasteiger partial charge in [0.25, 0.3) is 5.91 Å². The summed E-state index contributed by atoms with van der Waals surface area (Å²) in [5.41, 5.74) is 0.498. The van der Waals surface area contributed by atoms with Gasteiger partial charge in [-0.05, 0) is 31.9 Å². The number of nitrogens with one attached hydrogen (secondary N) is 1. The van der Waals surface area contributed by atoms with Gasteiger partial charge in [-0.2, -0.15) is 5.10 Å². The van der Waals surface area contributed by atoms with Gasteiger partial charge in [-0.1, -0.05) is 0 Å². The normalized spacial score (nSPS) is 17.3. The predicted octanol–water partition coefficient (Wildman–Crippen LogP) is 1.35. The summed E-state index contributed by atoms with van der Waals surface area (Å²) in [4.78, 5) is 14.0. The number of halogens is 1. The van der Waals surface area contributed by atoms with Gasteiger partial charge in [0.2, 0.25) is 0 Å². The minimum Gasteiger partial charge on any atom is -0.385 e. The van der Waals surface area contributed by atoms with E-state index in [0.29, 0.717) is 38.1 Å². The highest BCUT2D eigenvalue weighted by atomic mass is 35.5. The molecule has 1 N–H and O–H groups in total. The number of carbonyl (C=O) groups is 1. The number of hydrogen-bond donors (Lipinski definition) is 1. The molecule has 1 unspecified atom stereocenters. The predicted molar refractivity (Wildman–Crippen MR) is 94.9 cm³/mol. The minimum absolute atomic E-state index is 0. The first-order valence-electron chi connectivity index (χ1n) is 8.30. The Morgan fingerprint density at radius 1 is 1.46 bits per heavy atom. The van der Waals surface area contributed by atoms with Gasteiger partial charge in [0.05, 0.1) is 12.6 Å². The average Bonchev–Trinajstić information content (AvgIpc) is 3.08. The first-order chi connectivity index (χ1) is 11.2. The Kier molecular flexibility index (Phi) is 9.94. The number of likely N-dealkylation sites (N-methyl/N-ethyl adjacent to an activating group) is 1. The molecule has 0 aliphatic carbocycles. The van der Waals surface area contributed by atoms with E-state index in [4.69, 9.17) is 9.47 Å². The largest absolute Gasteiger partial charge is 0.385 e. The van der Waals surface area contributed by atoms with Crippen molar-refractivity contribution in [2.24, 2.45) is 0 Å². The van der Waals surface area contributed by atoms with Crippen LogP contribution in [-0.2, 0) is 9.47 Å². The number of methoxy groups -OCH3 is 1. The van der Waals surface area contributed by atoms with E-state index in [1.54, 1.807) is 25.1 Å². The Morgan fingerprint density at radius 2 is 2.29 bits per heavy atom. The van der Waals surface area contributed by atoms with Gasteiger partial charge < -0.3 is 19.7 Å². The maximum absolute atomic E-state index is 12.4. The van der Waals surface area contributed by atoms with Crippen molar-refractivity contribution in [3.05, 3.63) is 18.0 Å². The maximum atomic E-state index is 12.4. The number of rotatable bonds is 9. The van der Waals surface area contributed by atoms with Gasteiger partial charge in [-0.15, -0.1) is 12.4 Å². The zero-order chi connectivity index (χ0) is 16.5. The fraction of sp³-hybridized carbons (Fsp3) is 0.750. The van der Waals surface area contributed by atoms with Gasteiger partial charge in [-0.25, -0.2) is 0 Å². The van der Waals surface area contributed by atoms with Crippen LogP contribution in [-0.4, -0.2) is 74.2 Å². The molecule has 24 heavy (non-hydrogen) atoms. The van der Waals surface area contributed by atoms with E-state index < -0.39 is 0 Å². The molecule has 1 amide bonds. The van der Waals surface area contributed by atoms with Crippen molar-refractivity contribution in [3.63, 3.8) is 0 Å². The standard InChI is InChI=1S/C16H28N4O3.ClH/c1-19(9-12-23-11-4-10-22-2)16(21)15-6-8-20(18-15)14-5-3-7-17-13-14;/h6,8,14,17H,3-5,7,9-13H2,1-2H3;1H. The maximum Gasteiger partial charge on any atom is 0.274 e. The van der Waals surface area contributed by atoms with Crippen LogP contribution in [0.25, 0.3) is 0 Å². The lowest BCUT2D eigenvalue weighted by molar-refractivity contribution is 0.0650. The van der Waals surface area contributed by atoms with Gasteiger partial charge in [0, 0.05) is 46.7 Å². The summed E-state index contributed by atoms with van der Waals surface area (Å²) >= 11 is 0. The van der Waals surface area contributed by atoms with E-state index in [0.717, 1.165) is 32.4 Å². The smallest absolute Gasteiger partial charge is 0.274 e. The fourth-order valence-electron chi connectivity index (χ4n) is 2.62. The minimum atomic E-state index is -0.0620. The number of piperidine rings is 1. The Labute approximate surface area is 150 Å². The molecular weight excluding hydrogens is 332 g/mol. The highest BCUT2D eigenvalue weighted by Gasteiger charge is 2.19. The molecule has 1 aliphatic rings. The number of ether oxygens (including phenoxy) is 2. The molecule has 0 radical (unpaired) electrons. The van der Waals surface area contributed by atoms with Crippen LogP contribution in [0.15, 0.2) is 12.3 Å². The molecule has 2 heterocycles. The van der Waals surface area contributed by atoms with Crippen molar-refractivity contribution >= 4 is 18.3 Å². The van der Waals surface area contributed by atoms with E-state index in [-0.39, 0.29) is 18.3 Å². The Morgan fingerprint density at radius 3 is 3.00 bits per heavy atom. The summed E-state index contributed by atoms with van der Waals surface area (Å²) in [6, 6.07) is 2.15. The van der Waals surface area contributed by atoms with Crippen LogP contribution < -0.4 is 5.32 Å². The van der Waals surface area contributed by atoms with Gasteiger partial charge in [0.15, 0.2) is 0 Å². The summed E-state index contributed by atoms with van der Waals surface area (Å²) in [6.07, 6.45) is 5.02. The zero-order valence-electron chi connectivity index (χ0n) is 14.6. The molecule has 138 valence electrons. The van der Waals surface area contributed by atoms with Crippen LogP contribution >= 0.6 is 12.4 Å². The highest BCUT2D eigenvalue weighted by molar-refractivity contribution is 5.92. The van der Waals surface area contributed by atoms with Gasteiger partial charge in [0.1, 0.15) is 5.69 Å². The highest BCUT2D eigenvalue weighted by Crippen LogP contribution is 2.16. The van der Waals surface area contributed by atoms with Crippen molar-refractivity contribution in [2.45, 2.75) is 25.3 Å². The molecule has 0 aromatic carbocycles. The molecule has 1 aromatic rings. The third-order valence-electron chi connectivity index (χ3n) is 4.03. The van der Waals surface area contributed by atoms with E-state index in [9.17, 15) is 4.79 Å². The second-order valence-electron chi connectivity index (χ2n) is 5.87. The van der Waals surface area contributed by atoms with Crippen LogP contribution in [0.1, 0.15) is 35.8 Å². The zero-order valence-corrected chi connectivity index (χ0v) is 15.4. The fourth-order valence-corrected chi connectivity index (χ4v) is 2.62. The molecule has 0 saturated carbocycles. The Bertz CT molecular complexity index is 478. The van der Waals surface area contributed by atoms with Crippen molar-refractivity contribution in [1.29, 1.82) is 0 Å². The number of hydrogen-bond acceptors (Lipinski definition) is 5. The van der Waals surface area contributed by atoms with Crippen molar-refractivity contribution in [2.75, 3.05) is 53.6 Å². The number of amides is 1. The Hall–Kier alpha value is -1.15. The molecule has 8 heteroatoms. The molecule has 7 nitrogen and oxygen atoms in total. The number of nitrogens with zero attached hydrogens (tertiary/aromatic N) is 3. The van der Waals surface area contributed by atoms with Crippen LogP contribution in [0.2, 0.25) is 0 Å². The van der Waals surface area contributed by atoms with E-state index in [2.05, 4.69) is 10.4 Å². The first-order valence-corrected chi connectivity index (χ1v) is 8.30. The van der Waals surface area contributed by atoms with E-state index in [1.807, 2.05) is 10.9 Å². The summed E-state index contributed by atoms with van der Waals surface area (Å²) < 4.78 is 12.4. The second kappa shape index (κ2) is 11.4. The lowest BCUT2D eigenvalue weighted by Gasteiger charge is -2.23. The summed E-state index contributed by atoms with van der Waals surface area (Å²) in [5.74, 6) is -0.0620.